The molecule has 1 aromatic heterocycles. The van der Waals surface area contributed by atoms with E-state index < -0.39 is 26.4 Å². The summed E-state index contributed by atoms with van der Waals surface area (Å²) in [4.78, 5) is 19.5. The molecule has 0 unspecified atom stereocenters. The third kappa shape index (κ3) is 5.02. The van der Waals surface area contributed by atoms with Gasteiger partial charge >= 0.3 is 5.97 Å². The molecule has 2 N–H and O–H groups in total. The van der Waals surface area contributed by atoms with Crippen LogP contribution >= 0.6 is 11.8 Å². The minimum absolute atomic E-state index is 0.163. The number of hydrogen-bond acceptors (Lipinski definition) is 4. The first-order chi connectivity index (χ1) is 15.0. The molecule has 3 aromatic rings. The van der Waals surface area contributed by atoms with E-state index in [9.17, 15) is 9.90 Å². The number of carboxylic acids is 1. The standard InChI is InChI=1S/C23H28N4O3SSi/c1-23(2,3)32(4,5)30-20(19(22(28)29)26-27-24)18-16-13-9-10-14-17(16)25-21(18)31-15-11-7-6-8-12-15/h6-14,19-20,25H,1-5H3,(H,28,29)/t19-,20-/m0/s1. The first kappa shape index (κ1) is 23.9. The molecule has 0 radical (unpaired) electrons. The van der Waals surface area contributed by atoms with E-state index in [4.69, 9.17) is 9.96 Å². The Bertz CT molecular complexity index is 1150. The van der Waals surface area contributed by atoms with Crippen molar-refractivity contribution in [1.29, 1.82) is 0 Å². The van der Waals surface area contributed by atoms with Crippen LogP contribution in [0.2, 0.25) is 18.1 Å². The summed E-state index contributed by atoms with van der Waals surface area (Å²) in [5, 5.41) is 15.1. The van der Waals surface area contributed by atoms with E-state index in [0.29, 0.717) is 5.56 Å². The van der Waals surface area contributed by atoms with Crippen molar-refractivity contribution in [2.75, 3.05) is 0 Å². The van der Waals surface area contributed by atoms with Crippen LogP contribution < -0.4 is 0 Å². The Morgan fingerprint density at radius 2 is 1.78 bits per heavy atom. The summed E-state index contributed by atoms with van der Waals surface area (Å²) < 4.78 is 6.67. The molecule has 0 spiro atoms. The van der Waals surface area contributed by atoms with Gasteiger partial charge in [0.1, 0.15) is 0 Å². The number of benzene rings is 2. The Labute approximate surface area is 192 Å². The lowest BCUT2D eigenvalue weighted by Gasteiger charge is -2.40. The van der Waals surface area contributed by atoms with Crippen molar-refractivity contribution in [3.8, 4) is 0 Å². The zero-order chi connectivity index (χ0) is 23.5. The van der Waals surface area contributed by atoms with Crippen LogP contribution in [0.15, 0.2) is 69.6 Å². The molecule has 2 atom stereocenters. The predicted octanol–water partition coefficient (Wildman–Crippen LogP) is 7.15. The Kier molecular flexibility index (Phi) is 7.05. The molecule has 0 amide bonds. The van der Waals surface area contributed by atoms with Crippen LogP contribution in [0.25, 0.3) is 21.3 Å². The molecule has 2 aromatic carbocycles. The number of H-pyrrole nitrogens is 1. The SMILES string of the molecule is CC(C)(C)[Si](C)(C)O[C@@H](c1c(Sc2ccccc2)[nH]c2ccccc12)[C@H](N=[N+]=[N-])C(=O)O. The zero-order valence-corrected chi connectivity index (χ0v) is 20.7. The lowest BCUT2D eigenvalue weighted by Crippen LogP contribution is -2.45. The number of carbonyl (C=O) groups is 1. The molecule has 3 rings (SSSR count). The number of para-hydroxylation sites is 1. The van der Waals surface area contributed by atoms with Crippen molar-refractivity contribution in [2.24, 2.45) is 5.11 Å². The molecule has 0 aliphatic carbocycles. The highest BCUT2D eigenvalue weighted by Gasteiger charge is 2.44. The second-order valence-corrected chi connectivity index (χ2v) is 15.0. The Balaban J connectivity index is 2.24. The summed E-state index contributed by atoms with van der Waals surface area (Å²) in [5.41, 5.74) is 10.7. The monoisotopic (exact) mass is 468 g/mol. The van der Waals surface area contributed by atoms with E-state index in [-0.39, 0.29) is 5.04 Å². The lowest BCUT2D eigenvalue weighted by atomic mass is 10.0. The van der Waals surface area contributed by atoms with Crippen molar-refractivity contribution in [2.45, 2.75) is 61.0 Å². The van der Waals surface area contributed by atoms with Crippen LogP contribution in [0.3, 0.4) is 0 Å². The van der Waals surface area contributed by atoms with Gasteiger partial charge in [0, 0.05) is 26.3 Å². The second-order valence-electron chi connectivity index (χ2n) is 9.12. The number of nitrogens with one attached hydrogen (secondary N) is 1. The third-order valence-corrected chi connectivity index (χ3v) is 11.4. The number of rotatable bonds is 8. The maximum Gasteiger partial charge on any atom is 0.315 e. The lowest BCUT2D eigenvalue weighted by molar-refractivity contribution is -0.141. The van der Waals surface area contributed by atoms with Gasteiger partial charge in [0.2, 0.25) is 0 Å². The van der Waals surface area contributed by atoms with Gasteiger partial charge < -0.3 is 14.5 Å². The fourth-order valence-electron chi connectivity index (χ4n) is 3.18. The summed E-state index contributed by atoms with van der Waals surface area (Å²) >= 11 is 1.50. The quantitative estimate of drug-likeness (QED) is 0.158. The van der Waals surface area contributed by atoms with Crippen molar-refractivity contribution >= 4 is 37.0 Å². The molecule has 9 heteroatoms. The summed E-state index contributed by atoms with van der Waals surface area (Å²) in [5.74, 6) is -1.22. The fourth-order valence-corrected chi connectivity index (χ4v) is 5.44. The highest BCUT2D eigenvalue weighted by molar-refractivity contribution is 7.99. The molecule has 0 aliphatic rings. The van der Waals surface area contributed by atoms with Crippen LogP contribution in [-0.4, -0.2) is 30.4 Å². The largest absolute Gasteiger partial charge is 0.481 e. The molecule has 0 saturated heterocycles. The first-order valence-corrected chi connectivity index (χ1v) is 14.1. The molecular formula is C23H28N4O3SSi. The van der Waals surface area contributed by atoms with Crippen LogP contribution in [0.5, 0.6) is 0 Å². The van der Waals surface area contributed by atoms with Crippen LogP contribution in [-0.2, 0) is 9.22 Å². The molecular weight excluding hydrogens is 440 g/mol. The molecule has 0 fully saturated rings. The molecule has 0 bridgehead atoms. The van der Waals surface area contributed by atoms with Gasteiger partial charge in [-0.25, -0.2) is 0 Å². The summed E-state index contributed by atoms with van der Waals surface area (Å²) in [7, 11) is -2.43. The van der Waals surface area contributed by atoms with Gasteiger partial charge in [0.15, 0.2) is 14.4 Å². The van der Waals surface area contributed by atoms with Gasteiger partial charge in [-0.1, -0.05) is 74.0 Å². The van der Waals surface area contributed by atoms with Gasteiger partial charge in [0.05, 0.1) is 11.1 Å². The number of aromatic nitrogens is 1. The summed E-state index contributed by atoms with van der Waals surface area (Å²) in [6.07, 6.45) is -0.938. The van der Waals surface area contributed by atoms with Crippen molar-refractivity contribution < 1.29 is 14.3 Å². The highest BCUT2D eigenvalue weighted by atomic mass is 32.2. The van der Waals surface area contributed by atoms with Crippen LogP contribution in [0.4, 0.5) is 0 Å². The second kappa shape index (κ2) is 9.42. The van der Waals surface area contributed by atoms with E-state index in [1.54, 1.807) is 0 Å². The topological polar surface area (TPSA) is 111 Å². The number of azide groups is 1. The highest BCUT2D eigenvalue weighted by Crippen LogP contribution is 2.45. The summed E-state index contributed by atoms with van der Waals surface area (Å²) in [6, 6.07) is 16.1. The van der Waals surface area contributed by atoms with Gasteiger partial charge in [-0.05, 0) is 41.9 Å². The average molecular weight is 469 g/mol. The van der Waals surface area contributed by atoms with Gasteiger partial charge in [-0.3, -0.25) is 4.79 Å². The fraction of sp³-hybridized carbons (Fsp3) is 0.348. The number of aromatic amines is 1. The van der Waals surface area contributed by atoms with E-state index >= 15 is 0 Å². The van der Waals surface area contributed by atoms with Crippen molar-refractivity contribution in [3.63, 3.8) is 0 Å². The minimum Gasteiger partial charge on any atom is -0.481 e. The Morgan fingerprint density at radius 1 is 1.16 bits per heavy atom. The number of carboxylic acid groups (broad SMARTS) is 1. The zero-order valence-electron chi connectivity index (χ0n) is 18.9. The molecule has 168 valence electrons. The molecule has 0 aliphatic heterocycles. The van der Waals surface area contributed by atoms with Gasteiger partial charge in [-0.2, -0.15) is 0 Å². The number of nitrogens with zero attached hydrogens (tertiary/aromatic N) is 3. The Hall–Kier alpha value is -2.71. The third-order valence-electron chi connectivity index (χ3n) is 5.90. The van der Waals surface area contributed by atoms with Crippen LogP contribution in [0, 0.1) is 0 Å². The van der Waals surface area contributed by atoms with Gasteiger partial charge in [-0.15, -0.1) is 0 Å². The minimum atomic E-state index is -2.43. The van der Waals surface area contributed by atoms with E-state index in [1.807, 2.05) is 54.6 Å². The smallest absolute Gasteiger partial charge is 0.315 e. The van der Waals surface area contributed by atoms with Crippen LogP contribution in [0.1, 0.15) is 32.4 Å². The van der Waals surface area contributed by atoms with E-state index in [2.05, 4.69) is 48.9 Å². The number of fused-ring (bicyclic) bond motifs is 1. The van der Waals surface area contributed by atoms with Gasteiger partial charge in [0.25, 0.3) is 0 Å². The molecule has 1 heterocycles. The maximum atomic E-state index is 12.2. The van der Waals surface area contributed by atoms with E-state index in [0.717, 1.165) is 20.8 Å². The number of aliphatic carboxylic acids is 1. The average Bonchev–Trinajstić information content (AvgIpc) is 3.08. The van der Waals surface area contributed by atoms with Crippen molar-refractivity contribution in [3.05, 3.63) is 70.6 Å². The molecule has 0 saturated carbocycles. The summed E-state index contributed by atoms with van der Waals surface area (Å²) in [6.45, 7) is 10.4. The molecule has 32 heavy (non-hydrogen) atoms. The normalized spacial score (nSPS) is 14.0. The van der Waals surface area contributed by atoms with E-state index in [1.165, 1.54) is 11.8 Å². The molecule has 7 nitrogen and oxygen atoms in total. The Morgan fingerprint density at radius 3 is 2.38 bits per heavy atom. The van der Waals surface area contributed by atoms with Crippen molar-refractivity contribution in [1.82, 2.24) is 4.98 Å². The first-order valence-electron chi connectivity index (χ1n) is 10.3. The maximum absolute atomic E-state index is 12.2. The number of hydrogen-bond donors (Lipinski definition) is 2. The predicted molar refractivity (Wildman–Crippen MR) is 130 cm³/mol.